The molecule has 0 aliphatic rings. The molecule has 8 heteroatoms. The van der Waals surface area contributed by atoms with Gasteiger partial charge in [0.15, 0.2) is 6.61 Å². The molecule has 152 valence electrons. The van der Waals surface area contributed by atoms with E-state index in [9.17, 15) is 19.2 Å². The van der Waals surface area contributed by atoms with Gasteiger partial charge in [0.05, 0.1) is 5.56 Å². The lowest BCUT2D eigenvalue weighted by Gasteiger charge is -2.10. The smallest absolute Gasteiger partial charge is 0.338 e. The molecule has 0 heterocycles. The molecule has 0 radical (unpaired) electrons. The largest absolute Gasteiger partial charge is 0.452 e. The SMILES string of the molecule is CC(C)NC(=O)NCc1ccc(C(=O)OCC(=O)NC(=O)c2ccccc2)cc1. The molecule has 8 nitrogen and oxygen atoms in total. The fourth-order valence-corrected chi connectivity index (χ4v) is 2.29. The quantitative estimate of drug-likeness (QED) is 0.619. The maximum Gasteiger partial charge on any atom is 0.338 e. The second kappa shape index (κ2) is 10.6. The monoisotopic (exact) mass is 397 g/mol. The van der Waals surface area contributed by atoms with E-state index in [1.54, 1.807) is 42.5 Å². The fraction of sp³-hybridized carbons (Fsp3) is 0.238. The number of amides is 4. The number of esters is 1. The van der Waals surface area contributed by atoms with Gasteiger partial charge in [-0.1, -0.05) is 30.3 Å². The number of carbonyl (C=O) groups is 4. The van der Waals surface area contributed by atoms with Gasteiger partial charge in [0, 0.05) is 18.2 Å². The molecule has 0 aliphatic heterocycles. The first-order chi connectivity index (χ1) is 13.8. The zero-order valence-corrected chi connectivity index (χ0v) is 16.2. The Kier molecular flexibility index (Phi) is 7.90. The number of benzene rings is 2. The van der Waals surface area contributed by atoms with Crippen LogP contribution in [0.15, 0.2) is 54.6 Å². The summed E-state index contributed by atoms with van der Waals surface area (Å²) in [5.41, 5.74) is 1.38. The minimum atomic E-state index is -0.718. The second-order valence-electron chi connectivity index (χ2n) is 6.50. The lowest BCUT2D eigenvalue weighted by atomic mass is 10.1. The Hall–Kier alpha value is -3.68. The van der Waals surface area contributed by atoms with E-state index >= 15 is 0 Å². The molecule has 29 heavy (non-hydrogen) atoms. The maximum atomic E-state index is 12.0. The summed E-state index contributed by atoms with van der Waals surface area (Å²) in [5, 5.41) is 7.56. The number of ether oxygens (including phenoxy) is 1. The Morgan fingerprint density at radius 3 is 2.17 bits per heavy atom. The summed E-state index contributed by atoms with van der Waals surface area (Å²) in [5.74, 6) is -1.97. The first-order valence-electron chi connectivity index (χ1n) is 9.05. The summed E-state index contributed by atoms with van der Waals surface area (Å²) in [6.45, 7) is 3.45. The van der Waals surface area contributed by atoms with Gasteiger partial charge in [-0.15, -0.1) is 0 Å². The summed E-state index contributed by atoms with van der Waals surface area (Å²) < 4.78 is 4.93. The molecule has 0 aromatic heterocycles. The summed E-state index contributed by atoms with van der Waals surface area (Å²) >= 11 is 0. The number of carbonyl (C=O) groups excluding carboxylic acids is 4. The van der Waals surface area contributed by atoms with Crippen LogP contribution >= 0.6 is 0 Å². The van der Waals surface area contributed by atoms with Crippen LogP contribution in [0.25, 0.3) is 0 Å². The molecule has 0 spiro atoms. The van der Waals surface area contributed by atoms with Crippen LogP contribution in [0.5, 0.6) is 0 Å². The molecule has 0 bridgehead atoms. The fourth-order valence-electron chi connectivity index (χ4n) is 2.29. The van der Waals surface area contributed by atoms with Crippen molar-refractivity contribution in [2.45, 2.75) is 26.4 Å². The summed E-state index contributed by atoms with van der Waals surface area (Å²) in [4.78, 5) is 47.3. The van der Waals surface area contributed by atoms with E-state index in [-0.39, 0.29) is 17.6 Å². The van der Waals surface area contributed by atoms with Crippen LogP contribution in [0.4, 0.5) is 4.79 Å². The number of rotatable bonds is 7. The highest BCUT2D eigenvalue weighted by atomic mass is 16.5. The van der Waals surface area contributed by atoms with Crippen molar-refractivity contribution in [1.82, 2.24) is 16.0 Å². The van der Waals surface area contributed by atoms with Crippen LogP contribution in [-0.2, 0) is 16.1 Å². The Labute approximate surface area is 168 Å². The third kappa shape index (κ3) is 7.45. The maximum absolute atomic E-state index is 12.0. The van der Waals surface area contributed by atoms with Crippen molar-refractivity contribution in [3.05, 3.63) is 71.3 Å². The van der Waals surface area contributed by atoms with Crippen molar-refractivity contribution in [3.63, 3.8) is 0 Å². The van der Waals surface area contributed by atoms with E-state index < -0.39 is 24.4 Å². The van der Waals surface area contributed by atoms with E-state index in [4.69, 9.17) is 4.74 Å². The molecule has 2 aromatic rings. The highest BCUT2D eigenvalue weighted by Crippen LogP contribution is 2.06. The van der Waals surface area contributed by atoms with Gasteiger partial charge in [-0.3, -0.25) is 14.9 Å². The first-order valence-corrected chi connectivity index (χ1v) is 9.05. The summed E-state index contributed by atoms with van der Waals surface area (Å²) in [6.07, 6.45) is 0. The molecule has 2 aromatic carbocycles. The van der Waals surface area contributed by atoms with Gasteiger partial charge < -0.3 is 15.4 Å². The van der Waals surface area contributed by atoms with Gasteiger partial charge in [-0.2, -0.15) is 0 Å². The Morgan fingerprint density at radius 1 is 0.897 bits per heavy atom. The number of imide groups is 1. The van der Waals surface area contributed by atoms with Crippen LogP contribution in [0.1, 0.15) is 40.1 Å². The normalized spacial score (nSPS) is 10.2. The molecule has 0 unspecified atom stereocenters. The van der Waals surface area contributed by atoms with E-state index in [0.717, 1.165) is 5.56 Å². The number of nitrogens with one attached hydrogen (secondary N) is 3. The van der Waals surface area contributed by atoms with Gasteiger partial charge in [-0.25, -0.2) is 9.59 Å². The van der Waals surface area contributed by atoms with Crippen molar-refractivity contribution in [2.24, 2.45) is 0 Å². The van der Waals surface area contributed by atoms with Crippen molar-refractivity contribution in [1.29, 1.82) is 0 Å². The van der Waals surface area contributed by atoms with Gasteiger partial charge in [0.25, 0.3) is 11.8 Å². The van der Waals surface area contributed by atoms with Crippen LogP contribution in [0, 0.1) is 0 Å². The van der Waals surface area contributed by atoms with Crippen molar-refractivity contribution < 1.29 is 23.9 Å². The van der Waals surface area contributed by atoms with E-state index in [0.29, 0.717) is 12.1 Å². The third-order valence-electron chi connectivity index (χ3n) is 3.69. The van der Waals surface area contributed by atoms with Crippen molar-refractivity contribution in [2.75, 3.05) is 6.61 Å². The molecule has 0 aliphatic carbocycles. The summed E-state index contributed by atoms with van der Waals surface area (Å²) in [7, 11) is 0. The second-order valence-corrected chi connectivity index (χ2v) is 6.50. The Bertz CT molecular complexity index is 864. The summed E-state index contributed by atoms with van der Waals surface area (Å²) in [6, 6.07) is 14.4. The lowest BCUT2D eigenvalue weighted by Crippen LogP contribution is -2.39. The molecule has 0 saturated carbocycles. The lowest BCUT2D eigenvalue weighted by molar-refractivity contribution is -0.123. The molecule has 2 rings (SSSR count). The first kappa shape index (κ1) is 21.6. The number of urea groups is 1. The Balaban J connectivity index is 1.78. The molecular weight excluding hydrogens is 374 g/mol. The van der Waals surface area contributed by atoms with E-state index in [1.165, 1.54) is 12.1 Å². The molecule has 0 atom stereocenters. The standard InChI is InChI=1S/C21H23N3O5/c1-14(2)23-21(28)22-12-15-8-10-17(11-9-15)20(27)29-13-18(25)24-19(26)16-6-4-3-5-7-16/h3-11,14H,12-13H2,1-2H3,(H2,22,23,28)(H,24,25,26). The topological polar surface area (TPSA) is 114 Å². The molecule has 4 amide bonds. The third-order valence-corrected chi connectivity index (χ3v) is 3.69. The average molecular weight is 397 g/mol. The van der Waals surface area contributed by atoms with Crippen molar-refractivity contribution in [3.8, 4) is 0 Å². The van der Waals surface area contributed by atoms with Crippen LogP contribution in [0.3, 0.4) is 0 Å². The molecule has 0 fully saturated rings. The Morgan fingerprint density at radius 2 is 1.55 bits per heavy atom. The highest BCUT2D eigenvalue weighted by Gasteiger charge is 2.13. The molecule has 3 N–H and O–H groups in total. The predicted molar refractivity (Wildman–Crippen MR) is 106 cm³/mol. The van der Waals surface area contributed by atoms with Gasteiger partial charge in [0.2, 0.25) is 0 Å². The van der Waals surface area contributed by atoms with Crippen LogP contribution in [-0.4, -0.2) is 36.5 Å². The van der Waals surface area contributed by atoms with Crippen LogP contribution < -0.4 is 16.0 Å². The van der Waals surface area contributed by atoms with E-state index in [2.05, 4.69) is 16.0 Å². The molecule has 0 saturated heterocycles. The predicted octanol–water partition coefficient (Wildman–Crippen LogP) is 2.01. The van der Waals surface area contributed by atoms with Gasteiger partial charge in [0.1, 0.15) is 0 Å². The van der Waals surface area contributed by atoms with Crippen LogP contribution in [0.2, 0.25) is 0 Å². The zero-order valence-electron chi connectivity index (χ0n) is 16.2. The van der Waals surface area contributed by atoms with Gasteiger partial charge in [-0.05, 0) is 43.7 Å². The minimum Gasteiger partial charge on any atom is -0.452 e. The zero-order chi connectivity index (χ0) is 21.2. The minimum absolute atomic E-state index is 0.0346. The molecular formula is C21H23N3O5. The van der Waals surface area contributed by atoms with E-state index in [1.807, 2.05) is 13.8 Å². The van der Waals surface area contributed by atoms with Crippen molar-refractivity contribution >= 4 is 23.8 Å². The van der Waals surface area contributed by atoms with Gasteiger partial charge >= 0.3 is 12.0 Å². The number of hydrogen-bond donors (Lipinski definition) is 3. The number of hydrogen-bond acceptors (Lipinski definition) is 5. The highest BCUT2D eigenvalue weighted by molar-refractivity contribution is 6.05. The average Bonchev–Trinajstić information content (AvgIpc) is 2.71.